The van der Waals surface area contributed by atoms with Crippen LogP contribution in [0, 0.1) is 0 Å². The zero-order valence-electron chi connectivity index (χ0n) is 14.3. The fourth-order valence-corrected chi connectivity index (χ4v) is 4.37. The molecule has 2 aromatic carbocycles. The summed E-state index contributed by atoms with van der Waals surface area (Å²) in [6, 6.07) is 15.3. The molecule has 0 amide bonds. The Kier molecular flexibility index (Phi) is 6.56. The van der Waals surface area contributed by atoms with Gasteiger partial charge in [0.2, 0.25) is 0 Å². The van der Waals surface area contributed by atoms with Gasteiger partial charge >= 0.3 is 0 Å². The number of methoxy groups -OCH3 is 1. The average Bonchev–Trinajstić information content (AvgIpc) is 2.65. The van der Waals surface area contributed by atoms with E-state index >= 15 is 0 Å². The minimum atomic E-state index is -3.59. The Hall–Kier alpha value is -2.37. The summed E-state index contributed by atoms with van der Waals surface area (Å²) in [5.41, 5.74) is 0.840. The van der Waals surface area contributed by atoms with Crippen LogP contribution in [0.15, 0.2) is 84.8 Å². The molecule has 0 aromatic heterocycles. The van der Waals surface area contributed by atoms with E-state index in [-0.39, 0.29) is 4.90 Å². The second kappa shape index (κ2) is 8.65. The molecule has 2 rings (SSSR count). The third-order valence-electron chi connectivity index (χ3n) is 3.95. The number of sulfone groups is 1. The van der Waals surface area contributed by atoms with Crippen molar-refractivity contribution >= 4 is 9.84 Å². The molecular formula is C20H23NO3S. The van der Waals surface area contributed by atoms with Crippen LogP contribution >= 0.6 is 0 Å². The van der Waals surface area contributed by atoms with Crippen LogP contribution in [0.5, 0.6) is 5.75 Å². The number of rotatable bonds is 9. The molecular weight excluding hydrogens is 334 g/mol. The third-order valence-corrected chi connectivity index (χ3v) is 6.06. The van der Waals surface area contributed by atoms with Crippen LogP contribution in [0.3, 0.4) is 0 Å². The number of ether oxygens (including phenoxy) is 1. The monoisotopic (exact) mass is 357 g/mol. The summed E-state index contributed by atoms with van der Waals surface area (Å²) in [5, 5.41) is 2.42. The van der Waals surface area contributed by atoms with Crippen molar-refractivity contribution in [3.8, 4) is 5.75 Å². The number of benzene rings is 2. The standard InChI is InChI=1S/C20H23NO3S/c1-4-15-21-20(16-11-13-17(24-3)14-12-16)19(5-2)25(22,23)18-9-7-6-8-10-18/h4-14,19-21H,1-2,15H2,3H3/t19-,20+/m0/s1. The van der Waals surface area contributed by atoms with Crippen LogP contribution in [0.1, 0.15) is 11.6 Å². The predicted molar refractivity (Wildman–Crippen MR) is 102 cm³/mol. The maximum absolute atomic E-state index is 13.1. The van der Waals surface area contributed by atoms with Gasteiger partial charge in [-0.15, -0.1) is 13.2 Å². The first-order chi connectivity index (χ1) is 12.0. The first-order valence-electron chi connectivity index (χ1n) is 7.94. The molecule has 0 aliphatic heterocycles. The first kappa shape index (κ1) is 19.0. The fraction of sp³-hybridized carbons (Fsp3) is 0.200. The van der Waals surface area contributed by atoms with Gasteiger partial charge in [-0.3, -0.25) is 0 Å². The molecule has 132 valence electrons. The Labute approximate surface area is 149 Å². The summed E-state index contributed by atoms with van der Waals surface area (Å²) in [6.45, 7) is 7.95. The maximum atomic E-state index is 13.1. The van der Waals surface area contributed by atoms with Gasteiger partial charge in [0.25, 0.3) is 0 Å². The van der Waals surface area contributed by atoms with Crippen molar-refractivity contribution in [2.45, 2.75) is 16.2 Å². The lowest BCUT2D eigenvalue weighted by Gasteiger charge is -2.26. The zero-order chi connectivity index (χ0) is 18.3. The topological polar surface area (TPSA) is 55.4 Å². The van der Waals surface area contributed by atoms with Gasteiger partial charge in [-0.25, -0.2) is 8.42 Å². The number of hydrogen-bond acceptors (Lipinski definition) is 4. The summed E-state index contributed by atoms with van der Waals surface area (Å²) in [4.78, 5) is 0.277. The van der Waals surface area contributed by atoms with Gasteiger partial charge < -0.3 is 10.1 Å². The highest BCUT2D eigenvalue weighted by Crippen LogP contribution is 2.29. The van der Waals surface area contributed by atoms with Gasteiger partial charge in [-0.2, -0.15) is 0 Å². The van der Waals surface area contributed by atoms with Crippen molar-refractivity contribution in [1.82, 2.24) is 5.32 Å². The smallest absolute Gasteiger partial charge is 0.186 e. The molecule has 2 atom stereocenters. The lowest BCUT2D eigenvalue weighted by Crippen LogP contribution is -2.36. The molecule has 0 unspecified atom stereocenters. The van der Waals surface area contributed by atoms with Crippen LogP contribution in [0.4, 0.5) is 0 Å². The molecule has 0 bridgehead atoms. The van der Waals surface area contributed by atoms with Crippen LogP contribution < -0.4 is 10.1 Å². The van der Waals surface area contributed by atoms with E-state index in [9.17, 15) is 8.42 Å². The molecule has 0 saturated heterocycles. The first-order valence-corrected chi connectivity index (χ1v) is 9.49. The third kappa shape index (κ3) is 4.38. The molecule has 1 N–H and O–H groups in total. The largest absolute Gasteiger partial charge is 0.497 e. The van der Waals surface area contributed by atoms with Gasteiger partial charge in [0, 0.05) is 6.54 Å². The molecule has 0 saturated carbocycles. The van der Waals surface area contributed by atoms with E-state index in [2.05, 4.69) is 18.5 Å². The van der Waals surface area contributed by atoms with Crippen molar-refractivity contribution in [2.24, 2.45) is 0 Å². The Morgan fingerprint density at radius 3 is 2.24 bits per heavy atom. The Bertz CT molecular complexity index is 799. The molecule has 0 heterocycles. The molecule has 5 heteroatoms. The highest BCUT2D eigenvalue weighted by atomic mass is 32.2. The van der Waals surface area contributed by atoms with Gasteiger partial charge in [-0.1, -0.05) is 42.5 Å². The maximum Gasteiger partial charge on any atom is 0.186 e. The van der Waals surface area contributed by atoms with Gasteiger partial charge in [0.15, 0.2) is 9.84 Å². The Balaban J connectivity index is 2.45. The van der Waals surface area contributed by atoms with Crippen molar-refractivity contribution < 1.29 is 13.2 Å². The predicted octanol–water partition coefficient (Wildman–Crippen LogP) is 3.54. The molecule has 0 spiro atoms. The summed E-state index contributed by atoms with van der Waals surface area (Å²) in [7, 11) is -2.00. The lowest BCUT2D eigenvalue weighted by atomic mass is 10.0. The van der Waals surface area contributed by atoms with E-state index < -0.39 is 21.1 Å². The molecule has 0 aliphatic rings. The molecule has 0 aliphatic carbocycles. The van der Waals surface area contributed by atoms with Crippen molar-refractivity contribution in [2.75, 3.05) is 13.7 Å². The second-order valence-electron chi connectivity index (χ2n) is 5.51. The van der Waals surface area contributed by atoms with Crippen LogP contribution in [0.25, 0.3) is 0 Å². The number of nitrogens with one attached hydrogen (secondary N) is 1. The van der Waals surface area contributed by atoms with E-state index in [1.165, 1.54) is 6.08 Å². The molecule has 2 aromatic rings. The quantitative estimate of drug-likeness (QED) is 0.698. The average molecular weight is 357 g/mol. The van der Waals surface area contributed by atoms with Crippen molar-refractivity contribution in [1.29, 1.82) is 0 Å². The van der Waals surface area contributed by atoms with Gasteiger partial charge in [0.1, 0.15) is 11.0 Å². The molecule has 4 nitrogen and oxygen atoms in total. The van der Waals surface area contributed by atoms with Crippen LogP contribution in [-0.2, 0) is 9.84 Å². The van der Waals surface area contributed by atoms with Crippen LogP contribution in [-0.4, -0.2) is 27.3 Å². The lowest BCUT2D eigenvalue weighted by molar-refractivity contribution is 0.414. The summed E-state index contributed by atoms with van der Waals surface area (Å²) in [5.74, 6) is 0.715. The fourth-order valence-electron chi connectivity index (χ4n) is 2.65. The second-order valence-corrected chi connectivity index (χ2v) is 7.61. The van der Waals surface area contributed by atoms with E-state index in [0.717, 1.165) is 5.56 Å². The summed E-state index contributed by atoms with van der Waals surface area (Å²) in [6.07, 6.45) is 3.18. The van der Waals surface area contributed by atoms with E-state index in [1.807, 2.05) is 24.3 Å². The SMILES string of the molecule is C=CCN[C@H](c1ccc(OC)cc1)[C@H](C=C)S(=O)(=O)c1ccccc1. The highest BCUT2D eigenvalue weighted by Gasteiger charge is 2.33. The van der Waals surface area contributed by atoms with E-state index in [1.54, 1.807) is 43.5 Å². The minimum Gasteiger partial charge on any atom is -0.497 e. The summed E-state index contributed by atoms with van der Waals surface area (Å²) < 4.78 is 31.4. The molecule has 0 radical (unpaired) electrons. The Morgan fingerprint density at radius 1 is 1.08 bits per heavy atom. The number of hydrogen-bond donors (Lipinski definition) is 1. The van der Waals surface area contributed by atoms with Crippen LogP contribution in [0.2, 0.25) is 0 Å². The summed E-state index contributed by atoms with van der Waals surface area (Å²) >= 11 is 0. The molecule has 25 heavy (non-hydrogen) atoms. The highest BCUT2D eigenvalue weighted by molar-refractivity contribution is 7.92. The minimum absolute atomic E-state index is 0.277. The normalized spacial score (nSPS) is 13.6. The van der Waals surface area contributed by atoms with Crippen molar-refractivity contribution in [3.63, 3.8) is 0 Å². The molecule has 0 fully saturated rings. The van der Waals surface area contributed by atoms with Crippen molar-refractivity contribution in [3.05, 3.63) is 85.5 Å². The van der Waals surface area contributed by atoms with Gasteiger partial charge in [0.05, 0.1) is 18.0 Å². The Morgan fingerprint density at radius 2 is 1.72 bits per heavy atom. The van der Waals surface area contributed by atoms with E-state index in [0.29, 0.717) is 12.3 Å². The van der Waals surface area contributed by atoms with Gasteiger partial charge in [-0.05, 0) is 29.8 Å². The van der Waals surface area contributed by atoms with E-state index in [4.69, 9.17) is 4.74 Å². The zero-order valence-corrected chi connectivity index (χ0v) is 15.1.